The Bertz CT molecular complexity index is 649. The highest BCUT2D eigenvalue weighted by molar-refractivity contribution is 7.09. The smallest absolute Gasteiger partial charge is 0.160 e. The minimum absolute atomic E-state index is 0.566. The van der Waals surface area contributed by atoms with Gasteiger partial charge in [0.15, 0.2) is 11.0 Å². The zero-order valence-corrected chi connectivity index (χ0v) is 10.3. The quantitative estimate of drug-likeness (QED) is 0.697. The van der Waals surface area contributed by atoms with Crippen molar-refractivity contribution in [3.8, 4) is 0 Å². The van der Waals surface area contributed by atoms with Gasteiger partial charge in [0.1, 0.15) is 0 Å². The van der Waals surface area contributed by atoms with Crippen molar-refractivity contribution in [2.45, 2.75) is 6.42 Å². The molecule has 0 bridgehead atoms. The third-order valence-corrected chi connectivity index (χ3v) is 3.42. The average Bonchev–Trinajstić information content (AvgIpc) is 3.02. The molecule has 0 atom stereocenters. The van der Waals surface area contributed by atoms with Gasteiger partial charge in [-0.2, -0.15) is 0 Å². The molecule has 0 fully saturated rings. The van der Waals surface area contributed by atoms with Crippen LogP contribution in [-0.4, -0.2) is 21.8 Å². The molecule has 0 aliphatic carbocycles. The molecule has 18 heavy (non-hydrogen) atoms. The molecule has 0 unspecified atom stereocenters. The summed E-state index contributed by atoms with van der Waals surface area (Å²) in [5.41, 5.74) is 8.47. The van der Waals surface area contributed by atoms with Crippen LogP contribution in [0.5, 0.6) is 0 Å². The van der Waals surface area contributed by atoms with Gasteiger partial charge in [-0.05, 0) is 22.4 Å². The number of benzene rings is 1. The molecule has 92 valence electrons. The van der Waals surface area contributed by atoms with E-state index in [1.54, 1.807) is 17.4 Å². The molecule has 3 aromatic rings. The van der Waals surface area contributed by atoms with Gasteiger partial charge in [-0.15, -0.1) is 11.3 Å². The number of hydrogen-bond acceptors (Lipinski definition) is 7. The minimum atomic E-state index is 0.566. The number of nitrogens with zero attached hydrogens (tertiary/aromatic N) is 3. The Kier molecular flexibility index (Phi) is 2.81. The molecule has 2 heterocycles. The van der Waals surface area contributed by atoms with Crippen LogP contribution >= 0.6 is 11.3 Å². The van der Waals surface area contributed by atoms with Crippen LogP contribution in [0.2, 0.25) is 0 Å². The molecular weight excluding hydrogens is 250 g/mol. The lowest BCUT2D eigenvalue weighted by atomic mass is 10.2. The molecule has 1 aromatic carbocycles. The predicted octanol–water partition coefficient (Wildman–Crippen LogP) is 1.92. The lowest BCUT2D eigenvalue weighted by Crippen LogP contribution is -2.05. The van der Waals surface area contributed by atoms with Crippen molar-refractivity contribution in [3.63, 3.8) is 0 Å². The van der Waals surface area contributed by atoms with Gasteiger partial charge in [-0.1, -0.05) is 0 Å². The summed E-state index contributed by atoms with van der Waals surface area (Å²) in [6.45, 7) is 0.777. The van der Waals surface area contributed by atoms with E-state index in [0.717, 1.165) is 23.7 Å². The molecule has 0 spiro atoms. The molecule has 2 aromatic heterocycles. The number of fused-ring (bicyclic) bond motifs is 1. The predicted molar refractivity (Wildman–Crippen MR) is 70.5 cm³/mol. The van der Waals surface area contributed by atoms with Crippen LogP contribution in [0.25, 0.3) is 11.0 Å². The number of nitrogens with one attached hydrogen (secondary N) is 1. The van der Waals surface area contributed by atoms with E-state index in [4.69, 9.17) is 10.4 Å². The normalized spacial score (nSPS) is 10.9. The van der Waals surface area contributed by atoms with E-state index >= 15 is 0 Å². The highest BCUT2D eigenvalue weighted by atomic mass is 32.1. The summed E-state index contributed by atoms with van der Waals surface area (Å²) in [7, 11) is 0. The van der Waals surface area contributed by atoms with Gasteiger partial charge < -0.3 is 11.1 Å². The number of aromatic nitrogens is 3. The first-order valence-electron chi connectivity index (χ1n) is 5.47. The van der Waals surface area contributed by atoms with Crippen LogP contribution < -0.4 is 11.1 Å². The average molecular weight is 261 g/mol. The second-order valence-electron chi connectivity index (χ2n) is 3.77. The summed E-state index contributed by atoms with van der Waals surface area (Å²) in [5.74, 6) is 0. The zero-order chi connectivity index (χ0) is 12.4. The fourth-order valence-corrected chi connectivity index (χ4v) is 2.33. The molecule has 0 amide bonds. The van der Waals surface area contributed by atoms with Crippen molar-refractivity contribution in [3.05, 3.63) is 28.7 Å². The first-order valence-corrected chi connectivity index (χ1v) is 6.35. The molecule has 7 heteroatoms. The van der Waals surface area contributed by atoms with Crippen LogP contribution in [0, 0.1) is 0 Å². The monoisotopic (exact) mass is 261 g/mol. The Hall–Kier alpha value is -2.15. The number of nitrogens with two attached hydrogens (primary N) is 1. The van der Waals surface area contributed by atoms with Crippen molar-refractivity contribution >= 4 is 33.7 Å². The second kappa shape index (κ2) is 4.61. The van der Waals surface area contributed by atoms with Gasteiger partial charge in [0, 0.05) is 24.5 Å². The van der Waals surface area contributed by atoms with Crippen LogP contribution in [0.15, 0.2) is 28.3 Å². The van der Waals surface area contributed by atoms with E-state index in [0.29, 0.717) is 16.7 Å². The third-order valence-electron chi connectivity index (χ3n) is 2.58. The van der Waals surface area contributed by atoms with Gasteiger partial charge in [0.05, 0.1) is 16.4 Å². The van der Waals surface area contributed by atoms with E-state index in [9.17, 15) is 0 Å². The largest absolute Gasteiger partial charge is 0.397 e. The summed E-state index contributed by atoms with van der Waals surface area (Å²) < 4.78 is 4.71. The Balaban J connectivity index is 1.75. The molecule has 0 radical (unpaired) electrons. The fraction of sp³-hybridized carbons (Fsp3) is 0.182. The number of thiazole rings is 1. The number of rotatable bonds is 4. The maximum atomic E-state index is 5.78. The highest BCUT2D eigenvalue weighted by Gasteiger charge is 2.09. The summed E-state index contributed by atoms with van der Waals surface area (Å²) in [5, 5.41) is 14.0. The van der Waals surface area contributed by atoms with Gasteiger partial charge in [0.2, 0.25) is 0 Å². The van der Waals surface area contributed by atoms with Crippen LogP contribution in [0.1, 0.15) is 5.01 Å². The van der Waals surface area contributed by atoms with Crippen LogP contribution in [-0.2, 0) is 6.42 Å². The highest BCUT2D eigenvalue weighted by Crippen LogP contribution is 2.24. The van der Waals surface area contributed by atoms with Crippen molar-refractivity contribution in [1.29, 1.82) is 0 Å². The maximum absolute atomic E-state index is 5.78. The molecule has 3 rings (SSSR count). The van der Waals surface area contributed by atoms with Crippen LogP contribution in [0.4, 0.5) is 11.4 Å². The molecule has 6 nitrogen and oxygen atoms in total. The third kappa shape index (κ3) is 2.00. The van der Waals surface area contributed by atoms with Gasteiger partial charge in [0.25, 0.3) is 0 Å². The van der Waals surface area contributed by atoms with E-state index < -0.39 is 0 Å². The van der Waals surface area contributed by atoms with E-state index in [1.807, 2.05) is 17.6 Å². The Labute approximate surface area is 107 Å². The molecule has 3 N–H and O–H groups in total. The Morgan fingerprint density at radius 2 is 2.17 bits per heavy atom. The topological polar surface area (TPSA) is 89.9 Å². The Morgan fingerprint density at radius 3 is 3.00 bits per heavy atom. The molecule has 0 aliphatic rings. The molecule has 0 saturated carbocycles. The Morgan fingerprint density at radius 1 is 1.28 bits per heavy atom. The van der Waals surface area contributed by atoms with Crippen molar-refractivity contribution in [1.82, 2.24) is 15.3 Å². The number of hydrogen-bond donors (Lipinski definition) is 2. The molecular formula is C11H11N5OS. The minimum Gasteiger partial charge on any atom is -0.397 e. The molecule has 0 saturated heterocycles. The number of nitrogen functional groups attached to an aromatic ring is 1. The SMILES string of the molecule is Nc1ccc(NCCc2nccs2)c2nonc12. The van der Waals surface area contributed by atoms with Gasteiger partial charge >= 0.3 is 0 Å². The summed E-state index contributed by atoms with van der Waals surface area (Å²) >= 11 is 1.65. The van der Waals surface area contributed by atoms with E-state index in [-0.39, 0.29) is 0 Å². The fourth-order valence-electron chi connectivity index (χ4n) is 1.71. The summed E-state index contributed by atoms with van der Waals surface area (Å²) in [6, 6.07) is 3.67. The maximum Gasteiger partial charge on any atom is 0.160 e. The first-order chi connectivity index (χ1) is 8.84. The summed E-state index contributed by atoms with van der Waals surface area (Å²) in [6.07, 6.45) is 2.68. The lowest BCUT2D eigenvalue weighted by molar-refractivity contribution is 0.316. The standard InChI is InChI=1S/C11H11N5OS/c12-7-1-2-8(11-10(7)15-17-16-11)13-4-3-9-14-5-6-18-9/h1-2,5-6,13H,3-4,12H2. The zero-order valence-electron chi connectivity index (χ0n) is 9.46. The number of anilines is 2. The van der Waals surface area contributed by atoms with E-state index in [1.165, 1.54) is 0 Å². The first kappa shape index (κ1) is 11.0. The summed E-state index contributed by atoms with van der Waals surface area (Å²) in [4.78, 5) is 4.23. The van der Waals surface area contributed by atoms with Gasteiger partial charge in [-0.3, -0.25) is 0 Å². The van der Waals surface area contributed by atoms with Gasteiger partial charge in [-0.25, -0.2) is 9.61 Å². The lowest BCUT2D eigenvalue weighted by Gasteiger charge is -2.05. The second-order valence-corrected chi connectivity index (χ2v) is 4.75. The van der Waals surface area contributed by atoms with Crippen molar-refractivity contribution < 1.29 is 4.63 Å². The molecule has 0 aliphatic heterocycles. The van der Waals surface area contributed by atoms with Crippen molar-refractivity contribution in [2.24, 2.45) is 0 Å². The van der Waals surface area contributed by atoms with Crippen molar-refractivity contribution in [2.75, 3.05) is 17.6 Å². The van der Waals surface area contributed by atoms with Crippen LogP contribution in [0.3, 0.4) is 0 Å². The van der Waals surface area contributed by atoms with E-state index in [2.05, 4.69) is 20.6 Å².